The zero-order valence-electron chi connectivity index (χ0n) is 10.1. The first-order valence-electron chi connectivity index (χ1n) is 6.52. The molecule has 0 aromatic carbocycles. The second-order valence-corrected chi connectivity index (χ2v) is 5.70. The van der Waals surface area contributed by atoms with E-state index in [4.69, 9.17) is 9.47 Å². The predicted octanol–water partition coefficient (Wildman–Crippen LogP) is 2.29. The van der Waals surface area contributed by atoms with Crippen LogP contribution in [0.2, 0.25) is 0 Å². The first kappa shape index (κ1) is 10.6. The number of carbonyl (C=O) groups is 1. The van der Waals surface area contributed by atoms with Gasteiger partial charge in [-0.1, -0.05) is 12.8 Å². The van der Waals surface area contributed by atoms with Gasteiger partial charge in [-0.2, -0.15) is 0 Å². The van der Waals surface area contributed by atoms with E-state index in [1.54, 1.807) is 0 Å². The highest BCUT2D eigenvalue weighted by Gasteiger charge is 2.71. The Morgan fingerprint density at radius 2 is 2.06 bits per heavy atom. The van der Waals surface area contributed by atoms with Crippen LogP contribution in [0.4, 0.5) is 0 Å². The largest absolute Gasteiger partial charge is 0.462 e. The van der Waals surface area contributed by atoms with Gasteiger partial charge in [0.05, 0.1) is 17.6 Å². The SMILES string of the molecule is C[C@H]1C[C@H](C)O[C@]23CCCC[C@H]2C3C(=O)O1. The summed E-state index contributed by atoms with van der Waals surface area (Å²) < 4.78 is 11.7. The number of carbonyl (C=O) groups excluding carboxylic acids is 1. The molecule has 0 amide bonds. The molecule has 0 bridgehead atoms. The third-order valence-electron chi connectivity index (χ3n) is 4.44. The summed E-state index contributed by atoms with van der Waals surface area (Å²) >= 11 is 0. The van der Waals surface area contributed by atoms with Gasteiger partial charge in [-0.15, -0.1) is 0 Å². The Labute approximate surface area is 96.5 Å². The molecular weight excluding hydrogens is 204 g/mol. The monoisotopic (exact) mass is 224 g/mol. The molecule has 2 saturated carbocycles. The molecule has 3 nitrogen and oxygen atoms in total. The van der Waals surface area contributed by atoms with Crippen molar-refractivity contribution in [2.75, 3.05) is 0 Å². The molecule has 2 aliphatic carbocycles. The van der Waals surface area contributed by atoms with Crippen molar-refractivity contribution in [1.82, 2.24) is 0 Å². The molecule has 1 aliphatic heterocycles. The van der Waals surface area contributed by atoms with Gasteiger partial charge in [0.1, 0.15) is 6.10 Å². The first-order chi connectivity index (χ1) is 7.63. The molecule has 1 unspecified atom stereocenters. The summed E-state index contributed by atoms with van der Waals surface area (Å²) in [7, 11) is 0. The van der Waals surface area contributed by atoms with Gasteiger partial charge >= 0.3 is 5.97 Å². The number of rotatable bonds is 0. The zero-order chi connectivity index (χ0) is 11.3. The lowest BCUT2D eigenvalue weighted by molar-refractivity contribution is -0.161. The van der Waals surface area contributed by atoms with Crippen LogP contribution in [-0.4, -0.2) is 23.8 Å². The minimum Gasteiger partial charge on any atom is -0.462 e. The molecule has 3 heteroatoms. The first-order valence-corrected chi connectivity index (χ1v) is 6.52. The van der Waals surface area contributed by atoms with Crippen LogP contribution in [0.1, 0.15) is 46.0 Å². The molecular formula is C13H20O3. The lowest BCUT2D eigenvalue weighted by atomic mass is 9.97. The molecule has 3 aliphatic rings. The van der Waals surface area contributed by atoms with Gasteiger partial charge in [-0.25, -0.2) is 0 Å². The summed E-state index contributed by atoms with van der Waals surface area (Å²) in [6, 6.07) is 0. The van der Waals surface area contributed by atoms with Crippen LogP contribution in [0.15, 0.2) is 0 Å². The van der Waals surface area contributed by atoms with Crippen LogP contribution in [0.3, 0.4) is 0 Å². The van der Waals surface area contributed by atoms with Crippen LogP contribution in [0, 0.1) is 11.8 Å². The fourth-order valence-electron chi connectivity index (χ4n) is 3.80. The highest BCUT2D eigenvalue weighted by Crippen LogP contribution is 2.63. The molecule has 90 valence electrons. The number of cyclic esters (lactones) is 1. The maximum absolute atomic E-state index is 12.0. The van der Waals surface area contributed by atoms with Crippen LogP contribution in [-0.2, 0) is 14.3 Å². The number of fused-ring (bicyclic) bond motifs is 1. The van der Waals surface area contributed by atoms with E-state index in [1.807, 2.05) is 6.92 Å². The fourth-order valence-corrected chi connectivity index (χ4v) is 3.80. The van der Waals surface area contributed by atoms with E-state index in [-0.39, 0.29) is 29.7 Å². The second-order valence-electron chi connectivity index (χ2n) is 5.70. The van der Waals surface area contributed by atoms with Gasteiger partial charge in [-0.05, 0) is 26.7 Å². The zero-order valence-corrected chi connectivity index (χ0v) is 10.1. The van der Waals surface area contributed by atoms with Crippen molar-refractivity contribution in [3.05, 3.63) is 0 Å². The molecule has 5 atom stereocenters. The van der Waals surface area contributed by atoms with E-state index >= 15 is 0 Å². The highest BCUT2D eigenvalue weighted by molar-refractivity contribution is 5.79. The van der Waals surface area contributed by atoms with Gasteiger partial charge in [0.2, 0.25) is 0 Å². The standard InChI is InChI=1S/C13H20O3/c1-8-7-9(2)16-13-6-4-3-5-10(13)11(13)12(14)15-8/h8-11H,3-7H2,1-2H3/t8-,9-,10-,11?,13+/m0/s1. The third-order valence-corrected chi connectivity index (χ3v) is 4.44. The van der Waals surface area contributed by atoms with Crippen LogP contribution in [0.5, 0.6) is 0 Å². The molecule has 1 heterocycles. The van der Waals surface area contributed by atoms with Crippen molar-refractivity contribution in [3.63, 3.8) is 0 Å². The Morgan fingerprint density at radius 1 is 1.25 bits per heavy atom. The van der Waals surface area contributed by atoms with Crippen molar-refractivity contribution in [3.8, 4) is 0 Å². The molecule has 0 aromatic heterocycles. The Morgan fingerprint density at radius 3 is 2.88 bits per heavy atom. The van der Waals surface area contributed by atoms with Gasteiger partial charge in [-0.3, -0.25) is 4.79 Å². The molecule has 3 rings (SSSR count). The topological polar surface area (TPSA) is 35.5 Å². The van der Waals surface area contributed by atoms with E-state index in [2.05, 4.69) is 6.92 Å². The van der Waals surface area contributed by atoms with E-state index in [0.717, 1.165) is 19.3 Å². The number of esters is 1. The van der Waals surface area contributed by atoms with Crippen molar-refractivity contribution < 1.29 is 14.3 Å². The van der Waals surface area contributed by atoms with Crippen LogP contribution in [0.25, 0.3) is 0 Å². The molecule has 3 fully saturated rings. The molecule has 1 spiro atoms. The molecule has 1 saturated heterocycles. The number of ether oxygens (including phenoxy) is 2. The van der Waals surface area contributed by atoms with Gasteiger partial charge in [0, 0.05) is 12.3 Å². The van der Waals surface area contributed by atoms with E-state index < -0.39 is 0 Å². The second kappa shape index (κ2) is 3.46. The van der Waals surface area contributed by atoms with E-state index in [9.17, 15) is 4.79 Å². The Bertz CT molecular complexity index is 314. The van der Waals surface area contributed by atoms with Gasteiger partial charge < -0.3 is 9.47 Å². The lowest BCUT2D eigenvalue weighted by Crippen LogP contribution is -2.34. The maximum atomic E-state index is 12.0. The number of hydrogen-bond acceptors (Lipinski definition) is 3. The Kier molecular flexibility index (Phi) is 2.29. The summed E-state index contributed by atoms with van der Waals surface area (Å²) in [5.41, 5.74) is -0.130. The molecule has 16 heavy (non-hydrogen) atoms. The Balaban J connectivity index is 1.84. The summed E-state index contributed by atoms with van der Waals surface area (Å²) in [4.78, 5) is 12.0. The quantitative estimate of drug-likeness (QED) is 0.592. The van der Waals surface area contributed by atoms with Crippen LogP contribution < -0.4 is 0 Å². The predicted molar refractivity (Wildman–Crippen MR) is 58.9 cm³/mol. The molecule has 0 N–H and O–H groups in total. The van der Waals surface area contributed by atoms with Crippen molar-refractivity contribution in [2.24, 2.45) is 11.8 Å². The molecule has 0 aromatic rings. The van der Waals surface area contributed by atoms with Gasteiger partial charge in [0.15, 0.2) is 0 Å². The smallest absolute Gasteiger partial charge is 0.312 e. The normalized spacial score (nSPS) is 51.8. The average Bonchev–Trinajstić information content (AvgIpc) is 2.82. The van der Waals surface area contributed by atoms with Crippen molar-refractivity contribution in [1.29, 1.82) is 0 Å². The third kappa shape index (κ3) is 1.41. The van der Waals surface area contributed by atoms with E-state index in [1.165, 1.54) is 12.8 Å². The number of hydrogen-bond donors (Lipinski definition) is 0. The average molecular weight is 224 g/mol. The minimum atomic E-state index is -0.130. The summed E-state index contributed by atoms with van der Waals surface area (Å²) in [6.45, 7) is 4.06. The minimum absolute atomic E-state index is 0.00232. The molecule has 0 radical (unpaired) electrons. The van der Waals surface area contributed by atoms with Gasteiger partial charge in [0.25, 0.3) is 0 Å². The fraction of sp³-hybridized carbons (Fsp3) is 0.923. The highest BCUT2D eigenvalue weighted by atomic mass is 16.6. The summed E-state index contributed by atoms with van der Waals surface area (Å²) in [5.74, 6) is 0.480. The maximum Gasteiger partial charge on any atom is 0.312 e. The van der Waals surface area contributed by atoms with E-state index in [0.29, 0.717) is 5.92 Å². The van der Waals surface area contributed by atoms with Crippen molar-refractivity contribution >= 4 is 5.97 Å². The van der Waals surface area contributed by atoms with Crippen LogP contribution >= 0.6 is 0 Å². The Hall–Kier alpha value is -0.570. The summed E-state index contributed by atoms with van der Waals surface area (Å²) in [6.07, 6.45) is 5.67. The summed E-state index contributed by atoms with van der Waals surface area (Å²) in [5, 5.41) is 0. The van der Waals surface area contributed by atoms with Crippen molar-refractivity contribution in [2.45, 2.75) is 63.8 Å². The lowest BCUT2D eigenvalue weighted by Gasteiger charge is -2.29.